The first-order valence-corrected chi connectivity index (χ1v) is 4.98. The number of ether oxygens (including phenoxy) is 1. The van der Waals surface area contributed by atoms with Crippen LogP contribution in [0.1, 0.15) is 10.4 Å². The van der Waals surface area contributed by atoms with Crippen molar-refractivity contribution in [3.63, 3.8) is 0 Å². The van der Waals surface area contributed by atoms with Crippen LogP contribution >= 0.6 is 0 Å². The largest absolute Gasteiger partial charge is 0.507 e. The van der Waals surface area contributed by atoms with Gasteiger partial charge < -0.3 is 20.7 Å². The SMILES string of the molecule is COc1cc(O)c(C(=O)O)cc1-c1cc(N)n[nH]1. The summed E-state index contributed by atoms with van der Waals surface area (Å²) >= 11 is 0. The molecule has 1 heterocycles. The van der Waals surface area contributed by atoms with E-state index >= 15 is 0 Å². The molecule has 18 heavy (non-hydrogen) atoms. The van der Waals surface area contributed by atoms with Crippen molar-refractivity contribution in [2.24, 2.45) is 0 Å². The lowest BCUT2D eigenvalue weighted by Crippen LogP contribution is -1.99. The summed E-state index contributed by atoms with van der Waals surface area (Å²) in [6.07, 6.45) is 0. The molecule has 0 aliphatic heterocycles. The number of nitrogens with one attached hydrogen (secondary N) is 1. The van der Waals surface area contributed by atoms with E-state index in [1.165, 1.54) is 19.2 Å². The van der Waals surface area contributed by atoms with Crippen LogP contribution in [-0.4, -0.2) is 33.5 Å². The molecule has 1 aromatic carbocycles. The molecular weight excluding hydrogens is 238 g/mol. The van der Waals surface area contributed by atoms with Crippen LogP contribution in [-0.2, 0) is 0 Å². The minimum atomic E-state index is -1.23. The summed E-state index contributed by atoms with van der Waals surface area (Å²) in [7, 11) is 1.42. The number of carbonyl (C=O) groups is 1. The van der Waals surface area contributed by atoms with Crippen molar-refractivity contribution in [1.82, 2.24) is 10.2 Å². The van der Waals surface area contributed by atoms with Gasteiger partial charge in [0.05, 0.1) is 12.8 Å². The van der Waals surface area contributed by atoms with Crippen molar-refractivity contribution in [3.05, 3.63) is 23.8 Å². The molecule has 7 nitrogen and oxygen atoms in total. The van der Waals surface area contributed by atoms with E-state index in [2.05, 4.69) is 10.2 Å². The number of aromatic hydroxyl groups is 1. The van der Waals surface area contributed by atoms with Gasteiger partial charge in [-0.3, -0.25) is 5.10 Å². The first-order chi connectivity index (χ1) is 8.52. The first-order valence-electron chi connectivity index (χ1n) is 4.98. The Balaban J connectivity index is 2.64. The van der Waals surface area contributed by atoms with E-state index in [0.717, 1.165) is 0 Å². The second-order valence-electron chi connectivity index (χ2n) is 3.58. The van der Waals surface area contributed by atoms with Crippen molar-refractivity contribution in [2.45, 2.75) is 0 Å². The molecule has 1 aromatic heterocycles. The Kier molecular flexibility index (Phi) is 2.80. The zero-order valence-electron chi connectivity index (χ0n) is 9.47. The summed E-state index contributed by atoms with van der Waals surface area (Å²) < 4.78 is 5.08. The number of anilines is 1. The number of H-pyrrole nitrogens is 1. The maximum Gasteiger partial charge on any atom is 0.339 e. The van der Waals surface area contributed by atoms with Crippen LogP contribution in [0.5, 0.6) is 11.5 Å². The lowest BCUT2D eigenvalue weighted by Gasteiger charge is -2.09. The Morgan fingerprint density at radius 2 is 2.17 bits per heavy atom. The monoisotopic (exact) mass is 249 g/mol. The van der Waals surface area contributed by atoms with E-state index in [1.807, 2.05) is 0 Å². The average Bonchev–Trinajstić information content (AvgIpc) is 2.74. The summed E-state index contributed by atoms with van der Waals surface area (Å²) in [5.74, 6) is -1.00. The second kappa shape index (κ2) is 4.28. The van der Waals surface area contributed by atoms with Gasteiger partial charge in [-0.25, -0.2) is 4.79 Å². The van der Waals surface area contributed by atoms with Gasteiger partial charge in [-0.2, -0.15) is 5.10 Å². The maximum atomic E-state index is 11.0. The molecule has 5 N–H and O–H groups in total. The predicted octanol–water partition coefficient (Wildman–Crippen LogP) is 1.07. The molecule has 0 radical (unpaired) electrons. The number of phenols is 1. The highest BCUT2D eigenvalue weighted by molar-refractivity contribution is 5.93. The molecule has 0 saturated heterocycles. The van der Waals surface area contributed by atoms with E-state index in [4.69, 9.17) is 15.6 Å². The number of benzene rings is 1. The van der Waals surface area contributed by atoms with Gasteiger partial charge in [-0.05, 0) is 6.07 Å². The molecule has 0 aliphatic carbocycles. The van der Waals surface area contributed by atoms with Crippen molar-refractivity contribution in [2.75, 3.05) is 12.8 Å². The summed E-state index contributed by atoms with van der Waals surface area (Å²) in [4.78, 5) is 11.0. The molecule has 0 bridgehead atoms. The number of carboxylic acids is 1. The van der Waals surface area contributed by atoms with Crippen molar-refractivity contribution < 1.29 is 19.7 Å². The lowest BCUT2D eigenvalue weighted by molar-refractivity contribution is 0.0693. The molecule has 0 aliphatic rings. The van der Waals surface area contributed by atoms with Crippen LogP contribution in [0, 0.1) is 0 Å². The fourth-order valence-electron chi connectivity index (χ4n) is 1.59. The fraction of sp³-hybridized carbons (Fsp3) is 0.0909. The average molecular weight is 249 g/mol. The Morgan fingerprint density at radius 3 is 2.67 bits per heavy atom. The highest BCUT2D eigenvalue weighted by atomic mass is 16.5. The van der Waals surface area contributed by atoms with Crippen molar-refractivity contribution in [3.8, 4) is 22.8 Å². The van der Waals surface area contributed by atoms with Gasteiger partial charge in [0.1, 0.15) is 22.9 Å². The molecule has 2 aromatic rings. The van der Waals surface area contributed by atoms with Crippen LogP contribution < -0.4 is 10.5 Å². The van der Waals surface area contributed by atoms with E-state index < -0.39 is 5.97 Å². The van der Waals surface area contributed by atoms with Gasteiger partial charge in [0.25, 0.3) is 0 Å². The summed E-state index contributed by atoms with van der Waals surface area (Å²) in [5, 5.41) is 24.9. The molecular formula is C11H11N3O4. The normalized spacial score (nSPS) is 10.3. The molecule has 0 spiro atoms. The predicted molar refractivity (Wildman–Crippen MR) is 63.6 cm³/mol. The van der Waals surface area contributed by atoms with Gasteiger partial charge in [0, 0.05) is 17.7 Å². The zero-order chi connectivity index (χ0) is 13.3. The number of aromatic nitrogens is 2. The van der Waals surface area contributed by atoms with Gasteiger partial charge in [0.2, 0.25) is 0 Å². The standard InChI is InChI=1S/C11H11N3O4/c1-18-9-4-8(15)6(11(16)17)2-5(9)7-3-10(12)14-13-7/h2-4,15H,1H3,(H,16,17)(H3,12,13,14). The first kappa shape index (κ1) is 11.8. The molecule has 0 saturated carbocycles. The number of carboxylic acid groups (broad SMARTS) is 1. The van der Waals surface area contributed by atoms with E-state index in [9.17, 15) is 9.90 Å². The third-order valence-corrected chi connectivity index (χ3v) is 2.44. The molecule has 0 amide bonds. The number of nitrogens with zero attached hydrogens (tertiary/aromatic N) is 1. The molecule has 0 atom stereocenters. The minimum absolute atomic E-state index is 0.223. The number of aromatic amines is 1. The Bertz CT molecular complexity index is 606. The number of methoxy groups -OCH3 is 1. The van der Waals surface area contributed by atoms with Crippen molar-refractivity contribution >= 4 is 11.8 Å². The number of nitrogens with two attached hydrogens (primary N) is 1. The van der Waals surface area contributed by atoms with Crippen LogP contribution in [0.3, 0.4) is 0 Å². The van der Waals surface area contributed by atoms with Crippen LogP contribution in [0.4, 0.5) is 5.82 Å². The highest BCUT2D eigenvalue weighted by Crippen LogP contribution is 2.35. The van der Waals surface area contributed by atoms with Crippen molar-refractivity contribution in [1.29, 1.82) is 0 Å². The number of rotatable bonds is 3. The smallest absolute Gasteiger partial charge is 0.339 e. The molecule has 7 heteroatoms. The summed E-state index contributed by atoms with van der Waals surface area (Å²) in [6.45, 7) is 0. The van der Waals surface area contributed by atoms with Crippen LogP contribution in [0.2, 0.25) is 0 Å². The van der Waals surface area contributed by atoms with Gasteiger partial charge in [-0.1, -0.05) is 0 Å². The van der Waals surface area contributed by atoms with Crippen LogP contribution in [0.15, 0.2) is 18.2 Å². The number of aromatic carboxylic acids is 1. The maximum absolute atomic E-state index is 11.0. The molecule has 0 fully saturated rings. The summed E-state index contributed by atoms with van der Waals surface area (Å²) in [5.41, 5.74) is 6.22. The lowest BCUT2D eigenvalue weighted by atomic mass is 10.1. The zero-order valence-corrected chi connectivity index (χ0v) is 9.47. The topological polar surface area (TPSA) is 121 Å². The minimum Gasteiger partial charge on any atom is -0.507 e. The Hall–Kier alpha value is -2.70. The molecule has 94 valence electrons. The van der Waals surface area contributed by atoms with Gasteiger partial charge >= 0.3 is 5.97 Å². The Labute approximate surface area is 102 Å². The van der Waals surface area contributed by atoms with E-state index in [1.54, 1.807) is 6.07 Å². The second-order valence-corrected chi connectivity index (χ2v) is 3.58. The van der Waals surface area contributed by atoms with Gasteiger partial charge in [0.15, 0.2) is 0 Å². The van der Waals surface area contributed by atoms with Crippen LogP contribution in [0.25, 0.3) is 11.3 Å². The number of hydrogen-bond acceptors (Lipinski definition) is 5. The fourth-order valence-corrected chi connectivity index (χ4v) is 1.59. The number of nitrogen functional groups attached to an aromatic ring is 1. The van der Waals surface area contributed by atoms with Gasteiger partial charge in [-0.15, -0.1) is 0 Å². The number of hydrogen-bond donors (Lipinski definition) is 4. The molecule has 0 unspecified atom stereocenters. The quantitative estimate of drug-likeness (QED) is 0.645. The third kappa shape index (κ3) is 1.93. The molecule has 2 rings (SSSR count). The third-order valence-electron chi connectivity index (χ3n) is 2.44. The Morgan fingerprint density at radius 1 is 1.44 bits per heavy atom. The van der Waals surface area contributed by atoms with E-state index in [-0.39, 0.29) is 17.1 Å². The van der Waals surface area contributed by atoms with E-state index in [0.29, 0.717) is 17.0 Å². The summed E-state index contributed by atoms with van der Waals surface area (Å²) in [6, 6.07) is 4.07. The highest BCUT2D eigenvalue weighted by Gasteiger charge is 2.17.